The molecule has 3 aromatic heterocycles. The van der Waals surface area contributed by atoms with E-state index in [0.717, 1.165) is 28.7 Å². The molecule has 2 aromatic carbocycles. The zero-order valence-electron chi connectivity index (χ0n) is 17.6. The van der Waals surface area contributed by atoms with Gasteiger partial charge in [0.1, 0.15) is 5.65 Å². The maximum Gasteiger partial charge on any atom is 0.252 e. The fourth-order valence-corrected chi connectivity index (χ4v) is 3.89. The smallest absolute Gasteiger partial charge is 0.252 e. The van der Waals surface area contributed by atoms with Crippen molar-refractivity contribution in [1.82, 2.24) is 24.3 Å². The normalized spacial score (nSPS) is 12.0. The van der Waals surface area contributed by atoms with Crippen LogP contribution in [0.4, 0.5) is 11.6 Å². The SMILES string of the molecule is CCC(c1ccccc1)n1c(=O)ccc2cnc(Nc3ccc(-n4cccn4)cc3)nc21. The third-order valence-corrected chi connectivity index (χ3v) is 5.44. The highest BCUT2D eigenvalue weighted by molar-refractivity contribution is 5.76. The molecule has 1 N–H and O–H groups in total. The molecule has 7 heteroatoms. The maximum atomic E-state index is 12.9. The van der Waals surface area contributed by atoms with E-state index in [0.29, 0.717) is 11.6 Å². The lowest BCUT2D eigenvalue weighted by atomic mass is 10.0. The number of pyridine rings is 1. The molecular weight excluding hydrogens is 400 g/mol. The Morgan fingerprint density at radius 1 is 0.969 bits per heavy atom. The Balaban J connectivity index is 1.52. The lowest BCUT2D eigenvalue weighted by Crippen LogP contribution is -2.25. The Bertz CT molecular complexity index is 1390. The number of hydrogen-bond acceptors (Lipinski definition) is 5. The topological polar surface area (TPSA) is 77.6 Å². The molecule has 158 valence electrons. The summed E-state index contributed by atoms with van der Waals surface area (Å²) in [6.07, 6.45) is 6.15. The van der Waals surface area contributed by atoms with Crippen molar-refractivity contribution in [2.45, 2.75) is 19.4 Å². The number of nitrogens with one attached hydrogen (secondary N) is 1. The summed E-state index contributed by atoms with van der Waals surface area (Å²) in [5.41, 5.74) is 3.41. The van der Waals surface area contributed by atoms with Crippen LogP contribution in [0.15, 0.2) is 96.2 Å². The van der Waals surface area contributed by atoms with Gasteiger partial charge in [0.2, 0.25) is 5.95 Å². The predicted octanol–water partition coefficient (Wildman–Crippen LogP) is 4.72. The van der Waals surface area contributed by atoms with Gasteiger partial charge in [0, 0.05) is 35.7 Å². The van der Waals surface area contributed by atoms with Crippen molar-refractivity contribution < 1.29 is 0 Å². The summed E-state index contributed by atoms with van der Waals surface area (Å²) < 4.78 is 3.56. The molecule has 0 saturated carbocycles. The monoisotopic (exact) mass is 422 g/mol. The van der Waals surface area contributed by atoms with Crippen molar-refractivity contribution in [2.75, 3.05) is 5.32 Å². The van der Waals surface area contributed by atoms with Crippen LogP contribution in [0.5, 0.6) is 0 Å². The van der Waals surface area contributed by atoms with Gasteiger partial charge in [0.05, 0.1) is 11.7 Å². The van der Waals surface area contributed by atoms with Crippen molar-refractivity contribution in [1.29, 1.82) is 0 Å². The van der Waals surface area contributed by atoms with Crippen LogP contribution >= 0.6 is 0 Å². The van der Waals surface area contributed by atoms with E-state index in [1.54, 1.807) is 33.8 Å². The van der Waals surface area contributed by atoms with Crippen LogP contribution in [0.25, 0.3) is 16.7 Å². The van der Waals surface area contributed by atoms with E-state index < -0.39 is 0 Å². The van der Waals surface area contributed by atoms with Gasteiger partial charge in [-0.3, -0.25) is 9.36 Å². The first-order chi connectivity index (χ1) is 15.7. The number of benzene rings is 2. The van der Waals surface area contributed by atoms with Crippen molar-refractivity contribution in [2.24, 2.45) is 0 Å². The minimum absolute atomic E-state index is 0.0820. The molecule has 1 unspecified atom stereocenters. The van der Waals surface area contributed by atoms with E-state index in [9.17, 15) is 4.79 Å². The second kappa shape index (κ2) is 8.47. The number of anilines is 2. The first kappa shape index (κ1) is 19.7. The zero-order valence-corrected chi connectivity index (χ0v) is 17.6. The number of aromatic nitrogens is 5. The van der Waals surface area contributed by atoms with Gasteiger partial charge in [-0.1, -0.05) is 37.3 Å². The number of hydrogen-bond donors (Lipinski definition) is 1. The van der Waals surface area contributed by atoms with Crippen LogP contribution < -0.4 is 10.9 Å². The van der Waals surface area contributed by atoms with Gasteiger partial charge in [0.25, 0.3) is 5.56 Å². The lowest BCUT2D eigenvalue weighted by molar-refractivity contribution is 0.563. The molecule has 0 bridgehead atoms. The quantitative estimate of drug-likeness (QED) is 0.428. The highest BCUT2D eigenvalue weighted by Crippen LogP contribution is 2.24. The van der Waals surface area contributed by atoms with Gasteiger partial charge in [-0.05, 0) is 48.4 Å². The van der Waals surface area contributed by atoms with E-state index >= 15 is 0 Å². The molecule has 0 spiro atoms. The Hall–Kier alpha value is -4.26. The fourth-order valence-electron chi connectivity index (χ4n) is 3.89. The average molecular weight is 422 g/mol. The van der Waals surface area contributed by atoms with E-state index in [1.807, 2.05) is 66.9 Å². The third-order valence-electron chi connectivity index (χ3n) is 5.44. The van der Waals surface area contributed by atoms with Crippen LogP contribution in [0.1, 0.15) is 24.9 Å². The van der Waals surface area contributed by atoms with Crippen LogP contribution in [0.3, 0.4) is 0 Å². The maximum absolute atomic E-state index is 12.9. The summed E-state index contributed by atoms with van der Waals surface area (Å²) in [4.78, 5) is 22.1. The molecule has 1 atom stereocenters. The molecule has 0 saturated heterocycles. The van der Waals surface area contributed by atoms with Crippen molar-refractivity contribution in [3.63, 3.8) is 0 Å². The summed E-state index contributed by atoms with van der Waals surface area (Å²) in [7, 11) is 0. The molecule has 0 aliphatic carbocycles. The highest BCUT2D eigenvalue weighted by atomic mass is 16.1. The van der Waals surface area contributed by atoms with E-state index in [4.69, 9.17) is 4.98 Å². The number of fused-ring (bicyclic) bond motifs is 1. The molecule has 0 aliphatic heterocycles. The van der Waals surface area contributed by atoms with Crippen LogP contribution in [-0.4, -0.2) is 24.3 Å². The molecule has 0 amide bonds. The molecule has 5 rings (SSSR count). The Kier molecular flexibility index (Phi) is 5.21. The van der Waals surface area contributed by atoms with Gasteiger partial charge in [0.15, 0.2) is 0 Å². The summed E-state index contributed by atoms with van der Waals surface area (Å²) in [6.45, 7) is 2.07. The van der Waals surface area contributed by atoms with Gasteiger partial charge in [-0.15, -0.1) is 0 Å². The fraction of sp³-hybridized carbons (Fsp3) is 0.120. The van der Waals surface area contributed by atoms with E-state index in [1.165, 1.54) is 0 Å². The summed E-state index contributed by atoms with van der Waals surface area (Å²) in [6, 6.07) is 23.0. The zero-order chi connectivity index (χ0) is 21.9. The summed E-state index contributed by atoms with van der Waals surface area (Å²) in [5.74, 6) is 0.437. The molecule has 32 heavy (non-hydrogen) atoms. The second-order valence-corrected chi connectivity index (χ2v) is 7.47. The van der Waals surface area contributed by atoms with E-state index in [-0.39, 0.29) is 11.6 Å². The van der Waals surface area contributed by atoms with Crippen LogP contribution in [0.2, 0.25) is 0 Å². The highest BCUT2D eigenvalue weighted by Gasteiger charge is 2.17. The molecular formula is C25H22N6O. The van der Waals surface area contributed by atoms with Gasteiger partial charge in [-0.2, -0.15) is 10.1 Å². The predicted molar refractivity (Wildman–Crippen MR) is 126 cm³/mol. The van der Waals surface area contributed by atoms with Gasteiger partial charge >= 0.3 is 0 Å². The molecule has 0 fully saturated rings. The standard InChI is InChI=1S/C25H22N6O/c1-2-22(18-7-4-3-5-8-18)31-23(32)14-9-19-17-26-25(29-24(19)31)28-20-10-12-21(13-11-20)30-16-6-15-27-30/h3-17,22H,2H2,1H3,(H,26,28,29). The summed E-state index contributed by atoms with van der Waals surface area (Å²) in [5, 5.41) is 8.30. The third kappa shape index (κ3) is 3.76. The minimum Gasteiger partial charge on any atom is -0.324 e. The van der Waals surface area contributed by atoms with Gasteiger partial charge < -0.3 is 5.32 Å². The van der Waals surface area contributed by atoms with Crippen molar-refractivity contribution >= 4 is 22.7 Å². The number of nitrogens with zero attached hydrogens (tertiary/aromatic N) is 5. The molecule has 0 radical (unpaired) electrons. The Labute approximate surface area is 185 Å². The number of rotatable bonds is 6. The van der Waals surface area contributed by atoms with Crippen LogP contribution in [-0.2, 0) is 0 Å². The van der Waals surface area contributed by atoms with Crippen molar-refractivity contribution in [3.05, 3.63) is 107 Å². The summed E-state index contributed by atoms with van der Waals surface area (Å²) >= 11 is 0. The lowest BCUT2D eigenvalue weighted by Gasteiger charge is -2.20. The van der Waals surface area contributed by atoms with E-state index in [2.05, 4.69) is 22.3 Å². The molecule has 0 aliphatic rings. The minimum atomic E-state index is -0.108. The van der Waals surface area contributed by atoms with Crippen LogP contribution in [0, 0.1) is 0 Å². The first-order valence-corrected chi connectivity index (χ1v) is 10.5. The molecule has 5 aromatic rings. The molecule has 7 nitrogen and oxygen atoms in total. The largest absolute Gasteiger partial charge is 0.324 e. The first-order valence-electron chi connectivity index (χ1n) is 10.5. The Morgan fingerprint density at radius 2 is 1.78 bits per heavy atom. The Morgan fingerprint density at radius 3 is 2.50 bits per heavy atom. The second-order valence-electron chi connectivity index (χ2n) is 7.47. The molecule has 3 heterocycles. The average Bonchev–Trinajstić information content (AvgIpc) is 3.37. The van der Waals surface area contributed by atoms with Gasteiger partial charge in [-0.25, -0.2) is 9.67 Å². The van der Waals surface area contributed by atoms with Crippen molar-refractivity contribution in [3.8, 4) is 5.69 Å².